The fourth-order valence-electron chi connectivity index (χ4n) is 2.69. The van der Waals surface area contributed by atoms with Crippen molar-refractivity contribution in [3.8, 4) is 11.3 Å². The van der Waals surface area contributed by atoms with Gasteiger partial charge in [0, 0.05) is 23.7 Å². The first kappa shape index (κ1) is 16.2. The third-order valence-corrected chi connectivity index (χ3v) is 4.84. The number of aromatic amines is 1. The van der Waals surface area contributed by atoms with Gasteiger partial charge in [-0.3, -0.25) is 9.89 Å². The summed E-state index contributed by atoms with van der Waals surface area (Å²) in [6.45, 7) is 1.44. The van der Waals surface area contributed by atoms with E-state index in [1.54, 1.807) is 13.2 Å². The van der Waals surface area contributed by atoms with Gasteiger partial charge in [-0.25, -0.2) is 0 Å². The maximum Gasteiger partial charge on any atom is 0.269 e. The van der Waals surface area contributed by atoms with Gasteiger partial charge in [-0.2, -0.15) is 5.10 Å². The van der Waals surface area contributed by atoms with E-state index in [4.69, 9.17) is 4.74 Å². The van der Waals surface area contributed by atoms with E-state index < -0.39 is 0 Å². The number of carbonyl (C=O) groups excluding carboxylic acids is 1. The summed E-state index contributed by atoms with van der Waals surface area (Å²) in [5, 5.41) is 9.98. The van der Waals surface area contributed by atoms with Gasteiger partial charge < -0.3 is 10.1 Å². The minimum absolute atomic E-state index is 0.117. The van der Waals surface area contributed by atoms with Crippen LogP contribution in [0.15, 0.2) is 34.8 Å². The standard InChI is InChI=1S/C17H20BrN3O2/c1-23-11-17(6-7-17)8-9-19-16(22)15-10-14(20-21-15)12-2-4-13(18)5-3-12/h2-5,10H,6-9,11H2,1H3,(H,19,22)(H,20,21). The van der Waals surface area contributed by atoms with E-state index in [2.05, 4.69) is 31.4 Å². The van der Waals surface area contributed by atoms with E-state index in [0.717, 1.165) is 28.8 Å². The number of H-pyrrole nitrogens is 1. The van der Waals surface area contributed by atoms with Gasteiger partial charge in [0.15, 0.2) is 0 Å². The molecule has 122 valence electrons. The highest BCUT2D eigenvalue weighted by Gasteiger charge is 2.41. The van der Waals surface area contributed by atoms with Gasteiger partial charge in [0.1, 0.15) is 5.69 Å². The Bertz CT molecular complexity index is 677. The van der Waals surface area contributed by atoms with Crippen LogP contribution < -0.4 is 5.32 Å². The molecule has 1 heterocycles. The minimum Gasteiger partial charge on any atom is -0.384 e. The number of nitrogens with zero attached hydrogens (tertiary/aromatic N) is 1. The third-order valence-electron chi connectivity index (χ3n) is 4.31. The molecule has 1 aromatic heterocycles. The van der Waals surface area contributed by atoms with Crippen LogP contribution in [0.2, 0.25) is 0 Å². The van der Waals surface area contributed by atoms with Crippen molar-refractivity contribution in [2.75, 3.05) is 20.3 Å². The summed E-state index contributed by atoms with van der Waals surface area (Å²) in [4.78, 5) is 12.2. The van der Waals surface area contributed by atoms with Crippen LogP contribution in [-0.4, -0.2) is 36.4 Å². The molecule has 1 amide bonds. The summed E-state index contributed by atoms with van der Waals surface area (Å²) >= 11 is 3.41. The van der Waals surface area contributed by atoms with Crippen LogP contribution in [0.3, 0.4) is 0 Å². The predicted octanol–water partition coefficient (Wildman–Crippen LogP) is 3.39. The Morgan fingerprint density at radius 1 is 1.39 bits per heavy atom. The van der Waals surface area contributed by atoms with Gasteiger partial charge in [-0.05, 0) is 42.9 Å². The van der Waals surface area contributed by atoms with E-state index in [1.165, 1.54) is 12.8 Å². The molecular weight excluding hydrogens is 358 g/mol. The number of carbonyl (C=O) groups is 1. The average molecular weight is 378 g/mol. The summed E-state index contributed by atoms with van der Waals surface area (Å²) in [7, 11) is 1.73. The Balaban J connectivity index is 1.55. The van der Waals surface area contributed by atoms with Crippen molar-refractivity contribution in [2.24, 2.45) is 5.41 Å². The van der Waals surface area contributed by atoms with Gasteiger partial charge in [0.2, 0.25) is 0 Å². The van der Waals surface area contributed by atoms with Crippen molar-refractivity contribution in [2.45, 2.75) is 19.3 Å². The van der Waals surface area contributed by atoms with E-state index in [9.17, 15) is 4.79 Å². The van der Waals surface area contributed by atoms with Crippen LogP contribution in [0.4, 0.5) is 0 Å². The van der Waals surface area contributed by atoms with Gasteiger partial charge in [0.05, 0.1) is 12.3 Å². The number of hydrogen-bond donors (Lipinski definition) is 2. The van der Waals surface area contributed by atoms with Crippen molar-refractivity contribution in [3.63, 3.8) is 0 Å². The molecule has 0 radical (unpaired) electrons. The number of benzene rings is 1. The molecule has 1 aromatic carbocycles. The summed E-state index contributed by atoms with van der Waals surface area (Å²) in [5.74, 6) is -0.117. The Labute approximate surface area is 143 Å². The van der Waals surface area contributed by atoms with Crippen LogP contribution in [0.5, 0.6) is 0 Å². The van der Waals surface area contributed by atoms with E-state index in [-0.39, 0.29) is 5.91 Å². The molecule has 0 aliphatic heterocycles. The topological polar surface area (TPSA) is 67.0 Å². The molecule has 0 bridgehead atoms. The molecule has 1 aliphatic rings. The SMILES string of the molecule is COCC1(CCNC(=O)c2cc(-c3ccc(Br)cc3)n[nH]2)CC1. The van der Waals surface area contributed by atoms with Crippen LogP contribution in [0, 0.1) is 5.41 Å². The zero-order chi connectivity index (χ0) is 16.3. The Kier molecular flexibility index (Phi) is 4.82. The number of nitrogens with one attached hydrogen (secondary N) is 2. The van der Waals surface area contributed by atoms with Crippen molar-refractivity contribution < 1.29 is 9.53 Å². The van der Waals surface area contributed by atoms with Gasteiger partial charge >= 0.3 is 0 Å². The second-order valence-corrected chi connectivity index (χ2v) is 7.03. The van der Waals surface area contributed by atoms with E-state index >= 15 is 0 Å². The third kappa shape index (κ3) is 4.00. The summed E-state index contributed by atoms with van der Waals surface area (Å²) in [6, 6.07) is 9.61. The maximum atomic E-state index is 12.2. The molecular formula is C17H20BrN3O2. The van der Waals surface area contributed by atoms with Crippen molar-refractivity contribution in [1.82, 2.24) is 15.5 Å². The lowest BCUT2D eigenvalue weighted by atomic mass is 10.0. The normalized spacial score (nSPS) is 15.4. The van der Waals surface area contributed by atoms with Crippen LogP contribution in [0.25, 0.3) is 11.3 Å². The fourth-order valence-corrected chi connectivity index (χ4v) is 2.96. The maximum absolute atomic E-state index is 12.2. The average Bonchev–Trinajstić information content (AvgIpc) is 3.12. The highest BCUT2D eigenvalue weighted by atomic mass is 79.9. The first-order chi connectivity index (χ1) is 11.1. The van der Waals surface area contributed by atoms with Crippen LogP contribution in [0.1, 0.15) is 29.8 Å². The number of halogens is 1. The number of methoxy groups -OCH3 is 1. The molecule has 3 rings (SSSR count). The number of aromatic nitrogens is 2. The van der Waals surface area contributed by atoms with Gasteiger partial charge in [0.25, 0.3) is 5.91 Å². The zero-order valence-electron chi connectivity index (χ0n) is 13.1. The minimum atomic E-state index is -0.117. The summed E-state index contributed by atoms with van der Waals surface area (Å²) < 4.78 is 6.25. The smallest absolute Gasteiger partial charge is 0.269 e. The molecule has 1 aliphatic carbocycles. The van der Waals surface area contributed by atoms with Crippen molar-refractivity contribution in [1.29, 1.82) is 0 Å². The lowest BCUT2D eigenvalue weighted by molar-refractivity contribution is 0.0936. The monoisotopic (exact) mass is 377 g/mol. The molecule has 6 heteroatoms. The fraction of sp³-hybridized carbons (Fsp3) is 0.412. The molecule has 1 fully saturated rings. The molecule has 1 saturated carbocycles. The molecule has 0 spiro atoms. The Morgan fingerprint density at radius 3 is 2.78 bits per heavy atom. The number of rotatable bonds is 7. The highest BCUT2D eigenvalue weighted by Crippen LogP contribution is 2.48. The highest BCUT2D eigenvalue weighted by molar-refractivity contribution is 9.10. The van der Waals surface area contributed by atoms with E-state index in [1.807, 2.05) is 24.3 Å². The number of hydrogen-bond acceptors (Lipinski definition) is 3. The second kappa shape index (κ2) is 6.84. The van der Waals surface area contributed by atoms with Gasteiger partial charge in [-0.15, -0.1) is 0 Å². The lowest BCUT2D eigenvalue weighted by Crippen LogP contribution is -2.27. The summed E-state index contributed by atoms with van der Waals surface area (Å²) in [6.07, 6.45) is 3.34. The number of ether oxygens (including phenoxy) is 1. The van der Waals surface area contributed by atoms with Gasteiger partial charge in [-0.1, -0.05) is 28.1 Å². The molecule has 2 N–H and O–H groups in total. The van der Waals surface area contributed by atoms with E-state index in [0.29, 0.717) is 17.7 Å². The van der Waals surface area contributed by atoms with Crippen LogP contribution in [-0.2, 0) is 4.74 Å². The number of amides is 1. The summed E-state index contributed by atoms with van der Waals surface area (Å²) in [5.41, 5.74) is 2.51. The zero-order valence-corrected chi connectivity index (χ0v) is 14.6. The lowest BCUT2D eigenvalue weighted by Gasteiger charge is -2.13. The van der Waals surface area contributed by atoms with Crippen LogP contribution >= 0.6 is 15.9 Å². The largest absolute Gasteiger partial charge is 0.384 e. The molecule has 0 saturated heterocycles. The second-order valence-electron chi connectivity index (χ2n) is 6.11. The molecule has 5 nitrogen and oxygen atoms in total. The van der Waals surface area contributed by atoms with Crippen molar-refractivity contribution in [3.05, 3.63) is 40.5 Å². The van der Waals surface area contributed by atoms with Crippen molar-refractivity contribution >= 4 is 21.8 Å². The molecule has 23 heavy (non-hydrogen) atoms. The predicted molar refractivity (Wildman–Crippen MR) is 92.2 cm³/mol. The molecule has 0 atom stereocenters. The molecule has 0 unspecified atom stereocenters. The quantitative estimate of drug-likeness (QED) is 0.776. The first-order valence-corrected chi connectivity index (χ1v) is 8.50. The first-order valence-electron chi connectivity index (χ1n) is 7.70. The Morgan fingerprint density at radius 2 is 2.13 bits per heavy atom. The Hall–Kier alpha value is -1.66. The molecule has 2 aromatic rings.